The van der Waals surface area contributed by atoms with Crippen molar-refractivity contribution in [2.75, 3.05) is 25.0 Å². The molecule has 2 aromatic carbocycles. The predicted molar refractivity (Wildman–Crippen MR) is 98.7 cm³/mol. The number of nitrogens with one attached hydrogen (secondary N) is 3. The first-order chi connectivity index (χ1) is 12.6. The highest BCUT2D eigenvalue weighted by molar-refractivity contribution is 6.08. The van der Waals surface area contributed by atoms with Gasteiger partial charge in [0.1, 0.15) is 5.82 Å². The normalized spacial score (nSPS) is 16.7. The van der Waals surface area contributed by atoms with E-state index in [9.17, 15) is 14.0 Å². The number of amides is 2. The van der Waals surface area contributed by atoms with Gasteiger partial charge in [-0.15, -0.1) is 0 Å². The van der Waals surface area contributed by atoms with Gasteiger partial charge >= 0.3 is 0 Å². The second-order valence-electron chi connectivity index (χ2n) is 6.43. The molecule has 1 unspecified atom stereocenters. The van der Waals surface area contributed by atoms with Gasteiger partial charge in [0.15, 0.2) is 0 Å². The predicted octanol–water partition coefficient (Wildman–Crippen LogP) is 2.81. The van der Waals surface area contributed by atoms with Crippen LogP contribution in [0.5, 0.6) is 0 Å². The zero-order chi connectivity index (χ0) is 18.4. The Morgan fingerprint density at radius 2 is 1.85 bits per heavy atom. The molecule has 0 bridgehead atoms. The van der Waals surface area contributed by atoms with Crippen LogP contribution < -0.4 is 16.0 Å². The molecule has 0 aromatic heterocycles. The van der Waals surface area contributed by atoms with Crippen LogP contribution in [0.2, 0.25) is 0 Å². The van der Waals surface area contributed by atoms with Crippen molar-refractivity contribution in [3.05, 3.63) is 65.5 Å². The van der Waals surface area contributed by atoms with Gasteiger partial charge < -0.3 is 16.0 Å². The zero-order valence-electron chi connectivity index (χ0n) is 14.4. The molecular formula is C20H22FN3O2. The highest BCUT2D eigenvalue weighted by Gasteiger charge is 2.17. The Balaban J connectivity index is 1.66. The fourth-order valence-electron chi connectivity index (χ4n) is 3.02. The molecule has 26 heavy (non-hydrogen) atoms. The van der Waals surface area contributed by atoms with Gasteiger partial charge in [0, 0.05) is 12.1 Å². The number of rotatable bonds is 5. The Bertz CT molecular complexity index is 771. The van der Waals surface area contributed by atoms with Gasteiger partial charge in [0.05, 0.1) is 11.3 Å². The molecule has 5 nitrogen and oxygen atoms in total. The molecule has 1 atom stereocenters. The minimum absolute atomic E-state index is 0.217. The van der Waals surface area contributed by atoms with E-state index in [1.54, 1.807) is 24.3 Å². The van der Waals surface area contributed by atoms with Crippen molar-refractivity contribution in [1.82, 2.24) is 10.6 Å². The van der Waals surface area contributed by atoms with E-state index in [1.807, 2.05) is 0 Å². The van der Waals surface area contributed by atoms with Gasteiger partial charge in [0.25, 0.3) is 11.8 Å². The van der Waals surface area contributed by atoms with Crippen molar-refractivity contribution in [3.8, 4) is 0 Å². The summed E-state index contributed by atoms with van der Waals surface area (Å²) in [6.45, 7) is 2.54. The molecule has 136 valence electrons. The van der Waals surface area contributed by atoms with Crippen LogP contribution in [0.25, 0.3) is 0 Å². The maximum atomic E-state index is 13.0. The number of carbonyl (C=O) groups is 2. The van der Waals surface area contributed by atoms with Gasteiger partial charge in [-0.3, -0.25) is 9.59 Å². The van der Waals surface area contributed by atoms with Crippen molar-refractivity contribution in [2.24, 2.45) is 5.92 Å². The average molecular weight is 355 g/mol. The smallest absolute Gasteiger partial charge is 0.255 e. The zero-order valence-corrected chi connectivity index (χ0v) is 14.4. The highest BCUT2D eigenvalue weighted by atomic mass is 19.1. The largest absolute Gasteiger partial charge is 0.352 e. The summed E-state index contributed by atoms with van der Waals surface area (Å²) in [5.41, 5.74) is 1.17. The van der Waals surface area contributed by atoms with Crippen LogP contribution in [0.1, 0.15) is 33.6 Å². The molecule has 2 amide bonds. The average Bonchev–Trinajstić information content (AvgIpc) is 2.68. The van der Waals surface area contributed by atoms with Crippen LogP contribution in [0.3, 0.4) is 0 Å². The lowest BCUT2D eigenvalue weighted by Gasteiger charge is -2.23. The van der Waals surface area contributed by atoms with E-state index < -0.39 is 5.82 Å². The standard InChI is InChI=1S/C20H22FN3O2/c21-16-9-7-15(8-10-16)19(25)24-18-6-2-1-5-17(18)20(26)23-13-14-4-3-11-22-12-14/h1-2,5-10,14,22H,3-4,11-13H2,(H,23,26)(H,24,25). The molecule has 6 heteroatoms. The van der Waals surface area contributed by atoms with Crippen molar-refractivity contribution >= 4 is 17.5 Å². The van der Waals surface area contributed by atoms with E-state index in [0.717, 1.165) is 25.9 Å². The van der Waals surface area contributed by atoms with Gasteiger partial charge in [-0.05, 0) is 68.2 Å². The first kappa shape index (κ1) is 18.1. The van der Waals surface area contributed by atoms with Crippen molar-refractivity contribution in [3.63, 3.8) is 0 Å². The fourth-order valence-corrected chi connectivity index (χ4v) is 3.02. The molecule has 1 fully saturated rings. The quantitative estimate of drug-likeness (QED) is 0.772. The number of para-hydroxylation sites is 1. The molecule has 2 aromatic rings. The van der Waals surface area contributed by atoms with Crippen molar-refractivity contribution < 1.29 is 14.0 Å². The molecule has 0 spiro atoms. The lowest BCUT2D eigenvalue weighted by Crippen LogP contribution is -2.38. The molecule has 1 saturated heterocycles. The molecule has 3 rings (SSSR count). The van der Waals surface area contributed by atoms with Crippen LogP contribution in [0.15, 0.2) is 48.5 Å². The maximum absolute atomic E-state index is 13.0. The van der Waals surface area contributed by atoms with E-state index in [2.05, 4.69) is 16.0 Å². The van der Waals surface area contributed by atoms with E-state index in [-0.39, 0.29) is 11.8 Å². The molecule has 0 aliphatic carbocycles. The lowest BCUT2D eigenvalue weighted by molar-refractivity contribution is 0.0945. The number of anilines is 1. The molecular weight excluding hydrogens is 333 g/mol. The van der Waals surface area contributed by atoms with Crippen molar-refractivity contribution in [1.29, 1.82) is 0 Å². The summed E-state index contributed by atoms with van der Waals surface area (Å²) >= 11 is 0. The number of halogens is 1. The molecule has 0 radical (unpaired) electrons. The van der Waals surface area contributed by atoms with Crippen LogP contribution in [0, 0.1) is 11.7 Å². The van der Waals surface area contributed by atoms with Gasteiger partial charge in [-0.25, -0.2) is 4.39 Å². The third-order valence-corrected chi connectivity index (χ3v) is 4.48. The number of hydrogen-bond donors (Lipinski definition) is 3. The first-order valence-corrected chi connectivity index (χ1v) is 8.78. The van der Waals surface area contributed by atoms with E-state index in [1.165, 1.54) is 24.3 Å². The molecule has 3 N–H and O–H groups in total. The maximum Gasteiger partial charge on any atom is 0.255 e. The number of benzene rings is 2. The summed E-state index contributed by atoms with van der Waals surface area (Å²) < 4.78 is 13.0. The van der Waals surface area contributed by atoms with Gasteiger partial charge in [0.2, 0.25) is 0 Å². The minimum atomic E-state index is -0.404. The SMILES string of the molecule is O=C(Nc1ccccc1C(=O)NCC1CCCNC1)c1ccc(F)cc1. The Labute approximate surface area is 152 Å². The minimum Gasteiger partial charge on any atom is -0.352 e. The summed E-state index contributed by atoms with van der Waals surface area (Å²) in [5.74, 6) is -0.584. The monoisotopic (exact) mass is 355 g/mol. The van der Waals surface area contributed by atoms with Crippen LogP contribution in [-0.2, 0) is 0 Å². The van der Waals surface area contributed by atoms with E-state index in [4.69, 9.17) is 0 Å². The lowest BCUT2D eigenvalue weighted by atomic mass is 9.99. The summed E-state index contributed by atoms with van der Waals surface area (Å²) in [5, 5.41) is 9.00. The van der Waals surface area contributed by atoms with Crippen molar-refractivity contribution in [2.45, 2.75) is 12.8 Å². The second kappa shape index (κ2) is 8.58. The number of carbonyl (C=O) groups excluding carboxylic acids is 2. The van der Waals surface area contributed by atoms with E-state index >= 15 is 0 Å². The Morgan fingerprint density at radius 3 is 2.58 bits per heavy atom. The second-order valence-corrected chi connectivity index (χ2v) is 6.43. The fraction of sp³-hybridized carbons (Fsp3) is 0.300. The number of hydrogen-bond acceptors (Lipinski definition) is 3. The Hall–Kier alpha value is -2.73. The van der Waals surface area contributed by atoms with E-state index in [0.29, 0.717) is 29.3 Å². The highest BCUT2D eigenvalue weighted by Crippen LogP contribution is 2.17. The summed E-state index contributed by atoms with van der Waals surface area (Å²) in [7, 11) is 0. The summed E-state index contributed by atoms with van der Waals surface area (Å²) in [4.78, 5) is 24.9. The Kier molecular flexibility index (Phi) is 5.96. The van der Waals surface area contributed by atoms with Crippen LogP contribution >= 0.6 is 0 Å². The third kappa shape index (κ3) is 4.67. The summed E-state index contributed by atoms with van der Waals surface area (Å²) in [6.07, 6.45) is 2.21. The first-order valence-electron chi connectivity index (χ1n) is 8.78. The molecule has 1 aliphatic heterocycles. The van der Waals surface area contributed by atoms with Gasteiger partial charge in [-0.2, -0.15) is 0 Å². The molecule has 1 heterocycles. The topological polar surface area (TPSA) is 70.2 Å². The third-order valence-electron chi connectivity index (χ3n) is 4.48. The Morgan fingerprint density at radius 1 is 1.08 bits per heavy atom. The van der Waals surface area contributed by atoms with Crippen LogP contribution in [-0.4, -0.2) is 31.4 Å². The summed E-state index contributed by atoms with van der Waals surface area (Å²) in [6, 6.07) is 12.1. The van der Waals surface area contributed by atoms with Crippen LogP contribution in [0.4, 0.5) is 10.1 Å². The van der Waals surface area contributed by atoms with Gasteiger partial charge in [-0.1, -0.05) is 12.1 Å². The molecule has 1 aliphatic rings. The number of piperidine rings is 1. The molecule has 0 saturated carbocycles.